The number of allylic oxidation sites excluding steroid dienone is 13. The molecule has 0 aromatic rings. The van der Waals surface area contributed by atoms with Gasteiger partial charge in [0.05, 0.1) is 18.8 Å². The van der Waals surface area contributed by atoms with Crippen molar-refractivity contribution >= 4 is 5.91 Å². The van der Waals surface area contributed by atoms with Gasteiger partial charge in [0.1, 0.15) is 0 Å². The fourth-order valence-corrected chi connectivity index (χ4v) is 8.52. The largest absolute Gasteiger partial charge is 0.394 e. The van der Waals surface area contributed by atoms with E-state index in [0.717, 1.165) is 70.6 Å². The molecule has 0 aliphatic rings. The quantitative estimate of drug-likeness (QED) is 0.0421. The zero-order valence-corrected chi connectivity index (χ0v) is 43.9. The number of rotatable bonds is 52. The second kappa shape index (κ2) is 56.9. The molecule has 0 aromatic heterocycles. The van der Waals surface area contributed by atoms with Gasteiger partial charge in [0.15, 0.2) is 0 Å². The summed E-state index contributed by atoms with van der Waals surface area (Å²) in [7, 11) is 0. The van der Waals surface area contributed by atoms with Crippen LogP contribution in [-0.2, 0) is 4.79 Å². The smallest absolute Gasteiger partial charge is 0.220 e. The molecular formula is C62H111NO3. The van der Waals surface area contributed by atoms with Crippen LogP contribution < -0.4 is 5.32 Å². The predicted octanol–water partition coefficient (Wildman–Crippen LogP) is 19.1. The van der Waals surface area contributed by atoms with Gasteiger partial charge < -0.3 is 15.5 Å². The van der Waals surface area contributed by atoms with E-state index in [4.69, 9.17) is 0 Å². The number of nitrogens with one attached hydrogen (secondary N) is 1. The molecule has 0 saturated heterocycles. The molecule has 0 heterocycles. The Morgan fingerprint density at radius 3 is 1.06 bits per heavy atom. The highest BCUT2D eigenvalue weighted by molar-refractivity contribution is 5.76. The van der Waals surface area contributed by atoms with Crippen LogP contribution in [-0.4, -0.2) is 34.9 Å². The van der Waals surface area contributed by atoms with Gasteiger partial charge in [-0.05, 0) is 77.0 Å². The fraction of sp³-hybridized carbons (Fsp3) is 0.758. The van der Waals surface area contributed by atoms with Crippen LogP contribution in [0.2, 0.25) is 0 Å². The van der Waals surface area contributed by atoms with Crippen LogP contribution in [0, 0.1) is 0 Å². The number of carbonyl (C=O) groups is 1. The Bertz CT molecular complexity index is 1180. The van der Waals surface area contributed by atoms with E-state index >= 15 is 0 Å². The van der Waals surface area contributed by atoms with Crippen molar-refractivity contribution in [1.29, 1.82) is 0 Å². The third-order valence-corrected chi connectivity index (χ3v) is 12.9. The highest BCUT2D eigenvalue weighted by Crippen LogP contribution is 2.17. The van der Waals surface area contributed by atoms with Crippen molar-refractivity contribution in [3.63, 3.8) is 0 Å². The lowest BCUT2D eigenvalue weighted by atomic mass is 10.0. The van der Waals surface area contributed by atoms with E-state index in [0.29, 0.717) is 6.42 Å². The number of aliphatic hydroxyl groups excluding tert-OH is 2. The average Bonchev–Trinajstić information content (AvgIpc) is 3.32. The summed E-state index contributed by atoms with van der Waals surface area (Å²) in [6.07, 6.45) is 83.2. The normalized spacial score (nSPS) is 13.5. The summed E-state index contributed by atoms with van der Waals surface area (Å²) in [4.78, 5) is 12.5. The van der Waals surface area contributed by atoms with Gasteiger partial charge in [0.2, 0.25) is 5.91 Å². The lowest BCUT2D eigenvalue weighted by Crippen LogP contribution is -2.45. The van der Waals surface area contributed by atoms with Gasteiger partial charge in [-0.2, -0.15) is 0 Å². The molecule has 2 atom stereocenters. The first-order valence-electron chi connectivity index (χ1n) is 28.8. The summed E-state index contributed by atoms with van der Waals surface area (Å²) >= 11 is 0. The second-order valence-corrected chi connectivity index (χ2v) is 19.3. The Kier molecular flexibility index (Phi) is 54.8. The Morgan fingerprint density at radius 1 is 0.379 bits per heavy atom. The maximum absolute atomic E-state index is 12.5. The highest BCUT2D eigenvalue weighted by Gasteiger charge is 2.18. The molecule has 0 saturated carbocycles. The number of carbonyl (C=O) groups excluding carboxylic acids is 1. The molecule has 2 unspecified atom stereocenters. The molecule has 0 aromatic carbocycles. The number of amides is 1. The van der Waals surface area contributed by atoms with Gasteiger partial charge >= 0.3 is 0 Å². The lowest BCUT2D eigenvalue weighted by molar-refractivity contribution is -0.123. The second-order valence-electron chi connectivity index (χ2n) is 19.3. The maximum Gasteiger partial charge on any atom is 0.220 e. The number of hydrogen-bond acceptors (Lipinski definition) is 3. The minimum Gasteiger partial charge on any atom is -0.394 e. The monoisotopic (exact) mass is 918 g/mol. The van der Waals surface area contributed by atoms with Gasteiger partial charge in [0.25, 0.3) is 0 Å². The molecule has 0 radical (unpaired) electrons. The first-order valence-corrected chi connectivity index (χ1v) is 28.8. The average molecular weight is 919 g/mol. The number of unbranched alkanes of at least 4 members (excludes halogenated alkanes) is 33. The van der Waals surface area contributed by atoms with Crippen molar-refractivity contribution in [1.82, 2.24) is 5.32 Å². The van der Waals surface area contributed by atoms with E-state index in [9.17, 15) is 15.0 Å². The van der Waals surface area contributed by atoms with Crippen LogP contribution >= 0.6 is 0 Å². The molecule has 3 N–H and O–H groups in total. The van der Waals surface area contributed by atoms with Crippen LogP contribution in [0.4, 0.5) is 0 Å². The molecule has 0 rings (SSSR count). The summed E-state index contributed by atoms with van der Waals surface area (Å²) in [5, 5.41) is 23.2. The van der Waals surface area contributed by atoms with Gasteiger partial charge in [-0.15, -0.1) is 0 Å². The topological polar surface area (TPSA) is 69.6 Å². The summed E-state index contributed by atoms with van der Waals surface area (Å²) in [5.74, 6) is -0.0810. The van der Waals surface area contributed by atoms with Crippen molar-refractivity contribution in [3.05, 3.63) is 85.1 Å². The zero-order chi connectivity index (χ0) is 47.7. The van der Waals surface area contributed by atoms with Crippen LogP contribution in [0.15, 0.2) is 85.1 Å². The molecule has 4 nitrogen and oxygen atoms in total. The van der Waals surface area contributed by atoms with E-state index in [1.807, 2.05) is 6.08 Å². The van der Waals surface area contributed by atoms with Crippen LogP contribution in [0.1, 0.15) is 284 Å². The Morgan fingerprint density at radius 2 is 0.682 bits per heavy atom. The first-order chi connectivity index (χ1) is 32.7. The molecule has 1 amide bonds. The van der Waals surface area contributed by atoms with Gasteiger partial charge in [-0.1, -0.05) is 285 Å². The Labute approximate surface area is 411 Å². The Balaban J connectivity index is 3.56. The standard InChI is InChI=1S/C62H111NO3/c1-3-5-7-9-11-13-15-17-19-21-23-25-27-29-30-31-32-34-35-37-39-41-43-45-47-49-51-53-55-57-61(65)60(59-64)63-62(66)58-56-54-52-50-48-46-44-42-40-38-36-33-28-26-24-22-20-18-16-14-12-10-8-6-4-2/h6,8,12,14,18,20,24,26,33,36,47,49,55,57,60-61,64-65H,3-5,7,9-11,13,15-17,19,21-23,25,27-32,34-35,37-46,48,50-54,56,58-59H2,1-2H3,(H,63,66)/b8-6-,14-12-,20-18-,26-24-,36-33-,49-47+,57-55+. The predicted molar refractivity (Wildman–Crippen MR) is 294 cm³/mol. The third kappa shape index (κ3) is 52.5. The lowest BCUT2D eigenvalue weighted by Gasteiger charge is -2.19. The Hall–Kier alpha value is -2.43. The number of aliphatic hydroxyl groups is 2. The molecule has 0 bridgehead atoms. The maximum atomic E-state index is 12.5. The first kappa shape index (κ1) is 63.6. The van der Waals surface area contributed by atoms with Crippen molar-refractivity contribution in [2.45, 2.75) is 296 Å². The summed E-state index contributed by atoms with van der Waals surface area (Å²) in [6.45, 7) is 4.20. The zero-order valence-electron chi connectivity index (χ0n) is 43.9. The van der Waals surface area contributed by atoms with E-state index < -0.39 is 12.1 Å². The molecule has 66 heavy (non-hydrogen) atoms. The van der Waals surface area contributed by atoms with Gasteiger partial charge in [0, 0.05) is 6.42 Å². The number of hydrogen-bond donors (Lipinski definition) is 3. The minimum absolute atomic E-state index is 0.0810. The van der Waals surface area contributed by atoms with Crippen LogP contribution in [0.5, 0.6) is 0 Å². The van der Waals surface area contributed by atoms with Gasteiger partial charge in [-0.3, -0.25) is 4.79 Å². The molecule has 0 fully saturated rings. The van der Waals surface area contributed by atoms with Crippen molar-refractivity contribution in [2.75, 3.05) is 6.61 Å². The molecular weight excluding hydrogens is 807 g/mol. The summed E-state index contributed by atoms with van der Waals surface area (Å²) in [6, 6.07) is -0.649. The van der Waals surface area contributed by atoms with Crippen LogP contribution in [0.25, 0.3) is 0 Å². The summed E-state index contributed by atoms with van der Waals surface area (Å²) in [5.41, 5.74) is 0. The molecule has 4 heteroatoms. The van der Waals surface area contributed by atoms with Crippen molar-refractivity contribution in [3.8, 4) is 0 Å². The SMILES string of the molecule is CC/C=C\C/C=C\C/C=C\C/C=C\C/C=C\CCCCCCCCCCCC(=O)NC(CO)C(O)/C=C/CC/C=C/CCCCCCCCCCCCCCCCCCCCCCCCC. The molecule has 0 aliphatic heterocycles. The van der Waals surface area contributed by atoms with Gasteiger partial charge in [-0.25, -0.2) is 0 Å². The molecule has 0 spiro atoms. The minimum atomic E-state index is -0.871. The molecule has 382 valence electrons. The van der Waals surface area contributed by atoms with E-state index in [1.165, 1.54) is 193 Å². The van der Waals surface area contributed by atoms with E-state index in [2.05, 4.69) is 92.1 Å². The van der Waals surface area contributed by atoms with E-state index in [1.54, 1.807) is 6.08 Å². The van der Waals surface area contributed by atoms with Crippen molar-refractivity contribution < 1.29 is 15.0 Å². The van der Waals surface area contributed by atoms with E-state index in [-0.39, 0.29) is 12.5 Å². The molecule has 0 aliphatic carbocycles. The van der Waals surface area contributed by atoms with Crippen molar-refractivity contribution in [2.24, 2.45) is 0 Å². The summed E-state index contributed by atoms with van der Waals surface area (Å²) < 4.78 is 0. The fourth-order valence-electron chi connectivity index (χ4n) is 8.52. The van der Waals surface area contributed by atoms with Crippen LogP contribution in [0.3, 0.4) is 0 Å². The third-order valence-electron chi connectivity index (χ3n) is 12.9. The highest BCUT2D eigenvalue weighted by atomic mass is 16.3.